The van der Waals surface area contributed by atoms with Crippen molar-refractivity contribution in [2.45, 2.75) is 11.4 Å². The molecule has 26 heavy (non-hydrogen) atoms. The summed E-state index contributed by atoms with van der Waals surface area (Å²) < 4.78 is 26.7. The van der Waals surface area contributed by atoms with Crippen molar-refractivity contribution in [2.75, 3.05) is 5.75 Å². The number of aryl methyl sites for hydroxylation is 1. The van der Waals surface area contributed by atoms with Crippen LogP contribution in [0.1, 0.15) is 9.67 Å². The highest BCUT2D eigenvalue weighted by Crippen LogP contribution is 2.21. The Bertz CT molecular complexity index is 1220. The van der Waals surface area contributed by atoms with Crippen LogP contribution in [0.2, 0.25) is 0 Å². The molecule has 0 aliphatic rings. The number of carboxylic acids is 1. The van der Waals surface area contributed by atoms with Gasteiger partial charge in [0.25, 0.3) is 5.56 Å². The molecule has 2 aromatic heterocycles. The number of carboxylic acid groups (broad SMARTS) is 1. The number of rotatable bonds is 5. The van der Waals surface area contributed by atoms with Crippen LogP contribution in [-0.2, 0) is 23.4 Å². The first-order valence-electron chi connectivity index (χ1n) is 7.47. The summed E-state index contributed by atoms with van der Waals surface area (Å²) in [6, 6.07) is 8.94. The van der Waals surface area contributed by atoms with Gasteiger partial charge in [0.1, 0.15) is 9.71 Å². The monoisotopic (exact) mass is 394 g/mol. The molecule has 2 heterocycles. The molecule has 0 spiro atoms. The van der Waals surface area contributed by atoms with Crippen LogP contribution < -0.4 is 11.2 Å². The number of sulfone groups is 1. The quantitative estimate of drug-likeness (QED) is 0.688. The van der Waals surface area contributed by atoms with E-state index in [1.807, 2.05) is 0 Å². The van der Waals surface area contributed by atoms with E-state index in [0.717, 1.165) is 20.5 Å². The third-order valence-corrected chi connectivity index (χ3v) is 6.82. The molecule has 1 aromatic carbocycles. The molecule has 3 rings (SSSR count). The topological polar surface area (TPSA) is 115 Å². The highest BCUT2D eigenvalue weighted by Gasteiger charge is 2.19. The first kappa shape index (κ1) is 18.1. The second-order valence-corrected chi connectivity index (χ2v) is 8.70. The molecule has 0 bridgehead atoms. The Morgan fingerprint density at radius 1 is 1.19 bits per heavy atom. The molecule has 0 radical (unpaired) electrons. The SMILES string of the molecule is Cn1c(=O)n(CCS(=O)(=O)c2ccccc2)c(=O)c2cc(C(=O)O)sc21. The molecule has 0 fully saturated rings. The van der Waals surface area contributed by atoms with E-state index in [-0.39, 0.29) is 26.5 Å². The second-order valence-electron chi connectivity index (χ2n) is 5.56. The summed E-state index contributed by atoms with van der Waals surface area (Å²) >= 11 is 0.821. The minimum absolute atomic E-state index is 0.0678. The van der Waals surface area contributed by atoms with Crippen molar-refractivity contribution in [3.8, 4) is 0 Å². The average molecular weight is 394 g/mol. The van der Waals surface area contributed by atoms with Gasteiger partial charge in [0.05, 0.1) is 16.0 Å². The van der Waals surface area contributed by atoms with E-state index in [9.17, 15) is 22.8 Å². The zero-order valence-corrected chi connectivity index (χ0v) is 15.2. The molecule has 0 amide bonds. The second kappa shape index (κ2) is 6.54. The van der Waals surface area contributed by atoms with Crippen molar-refractivity contribution in [1.29, 1.82) is 0 Å². The Balaban J connectivity index is 2.05. The molecule has 0 unspecified atom stereocenters. The molecule has 0 atom stereocenters. The van der Waals surface area contributed by atoms with Crippen LogP contribution in [0.4, 0.5) is 0 Å². The van der Waals surface area contributed by atoms with Gasteiger partial charge in [0.2, 0.25) is 0 Å². The van der Waals surface area contributed by atoms with Crippen LogP contribution in [0, 0.1) is 0 Å². The van der Waals surface area contributed by atoms with E-state index in [0.29, 0.717) is 0 Å². The molecule has 136 valence electrons. The van der Waals surface area contributed by atoms with E-state index >= 15 is 0 Å². The van der Waals surface area contributed by atoms with Gasteiger partial charge in [-0.1, -0.05) is 18.2 Å². The normalized spacial score (nSPS) is 11.7. The van der Waals surface area contributed by atoms with Crippen LogP contribution in [0.5, 0.6) is 0 Å². The first-order valence-corrected chi connectivity index (χ1v) is 9.94. The van der Waals surface area contributed by atoms with Gasteiger partial charge >= 0.3 is 11.7 Å². The van der Waals surface area contributed by atoms with Crippen LogP contribution in [-0.4, -0.2) is 34.4 Å². The predicted octanol–water partition coefficient (Wildman–Crippen LogP) is 0.934. The molecule has 3 aromatic rings. The fourth-order valence-electron chi connectivity index (χ4n) is 2.54. The Kier molecular flexibility index (Phi) is 4.55. The van der Waals surface area contributed by atoms with Crippen molar-refractivity contribution in [3.63, 3.8) is 0 Å². The summed E-state index contributed by atoms with van der Waals surface area (Å²) in [6.07, 6.45) is 0. The van der Waals surface area contributed by atoms with E-state index in [4.69, 9.17) is 5.11 Å². The molecular weight excluding hydrogens is 380 g/mol. The van der Waals surface area contributed by atoms with Gasteiger partial charge in [-0.15, -0.1) is 11.3 Å². The van der Waals surface area contributed by atoms with Gasteiger partial charge in [0, 0.05) is 13.6 Å². The van der Waals surface area contributed by atoms with E-state index in [1.54, 1.807) is 18.2 Å². The molecule has 1 N–H and O–H groups in total. The van der Waals surface area contributed by atoms with Gasteiger partial charge < -0.3 is 5.11 Å². The zero-order chi connectivity index (χ0) is 19.1. The van der Waals surface area contributed by atoms with Gasteiger partial charge in [-0.25, -0.2) is 18.0 Å². The van der Waals surface area contributed by atoms with Gasteiger partial charge in [-0.3, -0.25) is 13.9 Å². The lowest BCUT2D eigenvalue weighted by atomic mass is 10.3. The maximum atomic E-state index is 12.6. The van der Waals surface area contributed by atoms with E-state index in [1.165, 1.54) is 25.2 Å². The Morgan fingerprint density at radius 3 is 2.46 bits per heavy atom. The maximum Gasteiger partial charge on any atom is 0.345 e. The fraction of sp³-hybridized carbons (Fsp3) is 0.188. The summed E-state index contributed by atoms with van der Waals surface area (Å²) in [4.78, 5) is 36.4. The Morgan fingerprint density at radius 2 is 1.85 bits per heavy atom. The Labute approximate surface area is 151 Å². The summed E-state index contributed by atoms with van der Waals surface area (Å²) in [6.45, 7) is -0.322. The van der Waals surface area contributed by atoms with Crippen molar-refractivity contribution < 1.29 is 18.3 Å². The number of thiophene rings is 1. The molecule has 0 saturated carbocycles. The van der Waals surface area contributed by atoms with E-state index in [2.05, 4.69) is 0 Å². The first-order chi connectivity index (χ1) is 12.2. The lowest BCUT2D eigenvalue weighted by Crippen LogP contribution is -2.40. The average Bonchev–Trinajstić information content (AvgIpc) is 3.06. The lowest BCUT2D eigenvalue weighted by molar-refractivity contribution is 0.0702. The van der Waals surface area contributed by atoms with Crippen LogP contribution in [0.25, 0.3) is 10.2 Å². The number of benzene rings is 1. The molecule has 8 nitrogen and oxygen atoms in total. The van der Waals surface area contributed by atoms with Gasteiger partial charge in [-0.2, -0.15) is 0 Å². The number of nitrogens with zero attached hydrogens (tertiary/aromatic N) is 2. The number of aromatic nitrogens is 2. The van der Waals surface area contributed by atoms with Crippen molar-refractivity contribution in [2.24, 2.45) is 7.05 Å². The highest BCUT2D eigenvalue weighted by atomic mass is 32.2. The van der Waals surface area contributed by atoms with Crippen LogP contribution >= 0.6 is 11.3 Å². The highest BCUT2D eigenvalue weighted by molar-refractivity contribution is 7.91. The largest absolute Gasteiger partial charge is 0.477 e. The maximum absolute atomic E-state index is 12.6. The number of aromatic carboxylic acids is 1. The predicted molar refractivity (Wildman–Crippen MR) is 96.8 cm³/mol. The number of hydrogen-bond acceptors (Lipinski definition) is 6. The Hall–Kier alpha value is -2.72. The summed E-state index contributed by atoms with van der Waals surface area (Å²) in [5.74, 6) is -1.62. The molecule has 0 aliphatic heterocycles. The fourth-order valence-corrected chi connectivity index (χ4v) is 4.72. The van der Waals surface area contributed by atoms with Gasteiger partial charge in [0.15, 0.2) is 9.84 Å². The lowest BCUT2D eigenvalue weighted by Gasteiger charge is -2.09. The number of hydrogen-bond donors (Lipinski definition) is 1. The minimum Gasteiger partial charge on any atom is -0.477 e. The molecule has 0 saturated heterocycles. The summed E-state index contributed by atoms with van der Waals surface area (Å²) in [5, 5.41) is 9.15. The standard InChI is InChI=1S/C16H14N2O6S2/c1-17-14-11(9-12(25-14)15(20)21)13(19)18(16(17)22)7-8-26(23,24)10-5-3-2-4-6-10/h2-6,9H,7-8H2,1H3,(H,20,21). The minimum atomic E-state index is -3.67. The third-order valence-electron chi connectivity index (χ3n) is 3.91. The summed E-state index contributed by atoms with van der Waals surface area (Å²) in [7, 11) is -2.25. The van der Waals surface area contributed by atoms with Gasteiger partial charge in [-0.05, 0) is 18.2 Å². The molecule has 0 aliphatic carbocycles. The van der Waals surface area contributed by atoms with Crippen LogP contribution in [0.15, 0.2) is 50.9 Å². The number of carbonyl (C=O) groups is 1. The molecule has 10 heteroatoms. The third kappa shape index (κ3) is 3.08. The van der Waals surface area contributed by atoms with Crippen molar-refractivity contribution >= 4 is 37.4 Å². The molecular formula is C16H14N2O6S2. The number of fused-ring (bicyclic) bond motifs is 1. The van der Waals surface area contributed by atoms with E-state index < -0.39 is 32.8 Å². The zero-order valence-electron chi connectivity index (χ0n) is 13.6. The van der Waals surface area contributed by atoms with Crippen molar-refractivity contribution in [1.82, 2.24) is 9.13 Å². The smallest absolute Gasteiger partial charge is 0.345 e. The summed E-state index contributed by atoms with van der Waals surface area (Å²) in [5.41, 5.74) is -1.39. The van der Waals surface area contributed by atoms with Crippen molar-refractivity contribution in [3.05, 3.63) is 62.1 Å². The van der Waals surface area contributed by atoms with Crippen LogP contribution in [0.3, 0.4) is 0 Å².